The Hall–Kier alpha value is -6.44. The lowest BCUT2D eigenvalue weighted by atomic mass is 10.1. The predicted molar refractivity (Wildman–Crippen MR) is 195 cm³/mol. The van der Waals surface area contributed by atoms with E-state index in [-0.39, 0.29) is 45.2 Å². The first-order chi connectivity index (χ1) is 26.7. The normalized spacial score (nSPS) is 12.4. The highest BCUT2D eigenvalue weighted by Crippen LogP contribution is 2.05. The molecule has 0 heterocycles. The van der Waals surface area contributed by atoms with Crippen molar-refractivity contribution >= 4 is 70.9 Å². The molecule has 0 aliphatic rings. The van der Waals surface area contributed by atoms with Gasteiger partial charge in [0, 0.05) is 13.0 Å². The van der Waals surface area contributed by atoms with Gasteiger partial charge < -0.3 is 75.5 Å². The molecule has 17 N–H and O–H groups in total. The third-order valence-electron chi connectivity index (χ3n) is 7.21. The number of aliphatic carboxylic acids is 1. The number of hydrogen-bond donors (Lipinski definition) is 14. The monoisotopic (exact) mass is 815 g/mol. The van der Waals surface area contributed by atoms with Crippen LogP contribution in [0, 0.1) is 0 Å². The van der Waals surface area contributed by atoms with Crippen molar-refractivity contribution in [2.24, 2.45) is 17.2 Å². The van der Waals surface area contributed by atoms with Gasteiger partial charge in [0.25, 0.3) is 0 Å². The molecule has 26 nitrogen and oxygen atoms in total. The van der Waals surface area contributed by atoms with Crippen LogP contribution in [-0.4, -0.2) is 153 Å². The number of carboxylic acids is 1. The molecule has 0 saturated heterocycles. The Bertz CT molecular complexity index is 1480. The highest BCUT2D eigenvalue weighted by molar-refractivity contribution is 5.94. The molecule has 0 aromatic heterocycles. The summed E-state index contributed by atoms with van der Waals surface area (Å²) >= 11 is 0. The summed E-state index contributed by atoms with van der Waals surface area (Å²) in [5, 5.41) is 31.6. The van der Waals surface area contributed by atoms with Crippen molar-refractivity contribution in [3.05, 3.63) is 0 Å². The van der Waals surface area contributed by atoms with Gasteiger partial charge in [-0.1, -0.05) is 0 Å². The van der Waals surface area contributed by atoms with Crippen LogP contribution >= 0.6 is 0 Å². The lowest BCUT2D eigenvalue weighted by molar-refractivity contribution is -0.138. The molecule has 0 spiro atoms. The van der Waals surface area contributed by atoms with Crippen molar-refractivity contribution < 1.29 is 62.6 Å². The summed E-state index contributed by atoms with van der Waals surface area (Å²) in [6.45, 7) is -0.669. The second-order valence-electron chi connectivity index (χ2n) is 12.2. The molecule has 0 aromatic carbocycles. The summed E-state index contributed by atoms with van der Waals surface area (Å²) in [7, 11) is 0. The SMILES string of the molecule is CC(N)C(=O)NC(CCC(=O)NC(CCCCNC(=O)CNC(=O)CNC(=O)CNC(=O)CNC(=O)CN)C(=O)NC(C)C(=O)NCC(=O)NCC(=O)O)C(N)=O. The second-order valence-corrected chi connectivity index (χ2v) is 12.2. The summed E-state index contributed by atoms with van der Waals surface area (Å²) in [6.07, 6.45) is -0.116. The van der Waals surface area contributed by atoms with Crippen molar-refractivity contribution in [1.82, 2.24) is 53.2 Å². The molecule has 0 rings (SSSR count). The van der Waals surface area contributed by atoms with Crippen molar-refractivity contribution in [2.45, 2.75) is 70.1 Å². The van der Waals surface area contributed by atoms with E-state index in [1.54, 1.807) is 0 Å². The highest BCUT2D eigenvalue weighted by Gasteiger charge is 2.26. The van der Waals surface area contributed by atoms with Crippen molar-refractivity contribution in [3.8, 4) is 0 Å². The van der Waals surface area contributed by atoms with Crippen LogP contribution in [0.5, 0.6) is 0 Å². The van der Waals surface area contributed by atoms with Crippen molar-refractivity contribution in [1.29, 1.82) is 0 Å². The quantitative estimate of drug-likeness (QED) is 0.0326. The number of carbonyl (C=O) groups is 12. The molecule has 26 heteroatoms. The Morgan fingerprint density at radius 2 is 0.982 bits per heavy atom. The summed E-state index contributed by atoms with van der Waals surface area (Å²) in [4.78, 5) is 143. The summed E-state index contributed by atoms with van der Waals surface area (Å²) in [6, 6.07) is -4.67. The van der Waals surface area contributed by atoms with Gasteiger partial charge >= 0.3 is 5.97 Å². The largest absolute Gasteiger partial charge is 0.480 e. The van der Waals surface area contributed by atoms with Crippen LogP contribution in [0.2, 0.25) is 0 Å². The molecular weight excluding hydrogens is 762 g/mol. The number of primary amides is 1. The number of hydrogen-bond acceptors (Lipinski definition) is 14. The number of nitrogens with two attached hydrogens (primary N) is 3. The molecule has 0 aliphatic carbocycles. The van der Waals surface area contributed by atoms with E-state index in [1.165, 1.54) is 13.8 Å². The van der Waals surface area contributed by atoms with E-state index in [0.29, 0.717) is 0 Å². The van der Waals surface area contributed by atoms with Gasteiger partial charge in [-0.3, -0.25) is 57.5 Å². The number of rotatable bonds is 28. The molecule has 4 unspecified atom stereocenters. The summed E-state index contributed by atoms with van der Waals surface area (Å²) < 4.78 is 0. The number of amides is 11. The van der Waals surface area contributed by atoms with E-state index in [4.69, 9.17) is 22.3 Å². The molecular formula is C31H53N13O13. The van der Waals surface area contributed by atoms with Gasteiger partial charge in [-0.15, -0.1) is 0 Å². The molecule has 0 bridgehead atoms. The fraction of sp³-hybridized carbons (Fsp3) is 0.613. The van der Waals surface area contributed by atoms with E-state index in [1.807, 2.05) is 5.32 Å². The van der Waals surface area contributed by atoms with E-state index >= 15 is 0 Å². The average molecular weight is 816 g/mol. The number of nitrogens with one attached hydrogen (secondary N) is 10. The zero-order chi connectivity index (χ0) is 43.5. The maximum atomic E-state index is 13.2. The smallest absolute Gasteiger partial charge is 0.322 e. The summed E-state index contributed by atoms with van der Waals surface area (Å²) in [5.74, 6) is -9.30. The van der Waals surface area contributed by atoms with Crippen LogP contribution in [0.25, 0.3) is 0 Å². The maximum Gasteiger partial charge on any atom is 0.322 e. The Morgan fingerprint density at radius 3 is 1.46 bits per heavy atom. The molecule has 0 radical (unpaired) electrons. The van der Waals surface area contributed by atoms with Crippen LogP contribution in [0.4, 0.5) is 0 Å². The van der Waals surface area contributed by atoms with Gasteiger partial charge in [0.2, 0.25) is 65.0 Å². The minimum atomic E-state index is -1.30. The number of unbranched alkanes of at least 4 members (excludes halogenated alkanes) is 1. The maximum absolute atomic E-state index is 13.2. The molecule has 0 saturated carbocycles. The van der Waals surface area contributed by atoms with Crippen LogP contribution in [0.15, 0.2) is 0 Å². The number of carboxylic acid groups (broad SMARTS) is 1. The summed E-state index contributed by atoms with van der Waals surface area (Å²) in [5.41, 5.74) is 15.9. The van der Waals surface area contributed by atoms with E-state index in [9.17, 15) is 57.5 Å². The van der Waals surface area contributed by atoms with E-state index < -0.39 is 134 Å². The zero-order valence-corrected chi connectivity index (χ0v) is 31.6. The van der Waals surface area contributed by atoms with Crippen LogP contribution < -0.4 is 70.4 Å². The Morgan fingerprint density at radius 1 is 0.509 bits per heavy atom. The Kier molecular flexibility index (Phi) is 24.9. The fourth-order valence-corrected chi connectivity index (χ4v) is 4.08. The van der Waals surface area contributed by atoms with E-state index in [2.05, 4.69) is 47.9 Å². The van der Waals surface area contributed by atoms with Gasteiger partial charge in [-0.05, 0) is 39.5 Å². The van der Waals surface area contributed by atoms with Crippen molar-refractivity contribution in [2.75, 3.05) is 52.4 Å². The lowest BCUT2D eigenvalue weighted by Gasteiger charge is -2.22. The van der Waals surface area contributed by atoms with Crippen LogP contribution in [0.1, 0.15) is 46.0 Å². The van der Waals surface area contributed by atoms with Gasteiger partial charge in [-0.25, -0.2) is 0 Å². The topological polar surface area (TPSA) is 423 Å². The first kappa shape index (κ1) is 50.6. The third kappa shape index (κ3) is 25.3. The highest BCUT2D eigenvalue weighted by atomic mass is 16.4. The predicted octanol–water partition coefficient (Wildman–Crippen LogP) is -8.90. The average Bonchev–Trinajstić information content (AvgIpc) is 3.15. The standard InChI is InChI=1S/C31H53N13O13/c1-16(33)29(55)44-18(28(34)54)6-7-20(45)43-19(31(57)42-17(2)30(56)41-14-26(51)40-15-27(52)53)5-3-4-8-35-22(47)10-37-24(49)12-39-25(50)13-38-23(48)11-36-21(46)9-32/h16-19H,3-15,32-33H2,1-2H3,(H2,34,54)(H,35,47)(H,36,46)(H,37,49)(H,38,48)(H,39,50)(H,40,51)(H,41,56)(H,42,57)(H,43,45)(H,44,55)(H,52,53). The number of carbonyl (C=O) groups excluding carboxylic acids is 11. The van der Waals surface area contributed by atoms with Gasteiger partial charge in [0.15, 0.2) is 0 Å². The minimum Gasteiger partial charge on any atom is -0.480 e. The molecule has 0 aromatic rings. The molecule has 4 atom stereocenters. The Balaban J connectivity index is 5.03. The van der Waals surface area contributed by atoms with Gasteiger partial charge in [0.05, 0.1) is 45.3 Å². The fourth-order valence-electron chi connectivity index (χ4n) is 4.08. The van der Waals surface area contributed by atoms with Gasteiger partial charge in [0.1, 0.15) is 24.7 Å². The first-order valence-corrected chi connectivity index (χ1v) is 17.5. The molecule has 0 fully saturated rings. The van der Waals surface area contributed by atoms with Gasteiger partial charge in [-0.2, -0.15) is 0 Å². The third-order valence-corrected chi connectivity index (χ3v) is 7.21. The zero-order valence-electron chi connectivity index (χ0n) is 31.6. The first-order valence-electron chi connectivity index (χ1n) is 17.5. The molecule has 57 heavy (non-hydrogen) atoms. The van der Waals surface area contributed by atoms with E-state index in [0.717, 1.165) is 0 Å². The van der Waals surface area contributed by atoms with Crippen LogP contribution in [0.3, 0.4) is 0 Å². The van der Waals surface area contributed by atoms with Crippen LogP contribution in [-0.2, 0) is 57.5 Å². The Labute approximate surface area is 326 Å². The second kappa shape index (κ2) is 28.0. The molecule has 320 valence electrons. The lowest BCUT2D eigenvalue weighted by Crippen LogP contribution is -2.54. The minimum absolute atomic E-state index is 0.0146. The van der Waals surface area contributed by atoms with Crippen molar-refractivity contribution in [3.63, 3.8) is 0 Å². The molecule has 11 amide bonds. The molecule has 0 aliphatic heterocycles.